The number of ketones is 1. The smallest absolute Gasteiger partial charge is 0.315 e. The lowest BCUT2D eigenvalue weighted by Crippen LogP contribution is -2.40. The topological polar surface area (TPSA) is 100 Å². The molecule has 2 atom stereocenters. The predicted molar refractivity (Wildman–Crippen MR) is 142 cm³/mol. The summed E-state index contributed by atoms with van der Waals surface area (Å²) in [7, 11) is 0. The maximum absolute atomic E-state index is 13.5. The highest BCUT2D eigenvalue weighted by molar-refractivity contribution is 5.97. The molecule has 0 fully saturated rings. The molecule has 0 aliphatic heterocycles. The van der Waals surface area contributed by atoms with E-state index in [-0.39, 0.29) is 29.8 Å². The van der Waals surface area contributed by atoms with E-state index < -0.39 is 12.0 Å². The fraction of sp³-hybridized carbons (Fsp3) is 0.345. The van der Waals surface area contributed by atoms with Crippen molar-refractivity contribution < 1.29 is 14.3 Å². The lowest BCUT2D eigenvalue weighted by Gasteiger charge is -2.28. The van der Waals surface area contributed by atoms with Crippen molar-refractivity contribution in [3.63, 3.8) is 0 Å². The van der Waals surface area contributed by atoms with Gasteiger partial charge in [0.1, 0.15) is 12.0 Å². The van der Waals surface area contributed by atoms with Gasteiger partial charge in [-0.05, 0) is 36.5 Å². The van der Waals surface area contributed by atoms with E-state index in [0.29, 0.717) is 24.2 Å². The average Bonchev–Trinajstić information content (AvgIpc) is 2.91. The van der Waals surface area contributed by atoms with E-state index in [2.05, 4.69) is 29.5 Å². The van der Waals surface area contributed by atoms with Crippen LogP contribution in [0.15, 0.2) is 83.8 Å². The van der Waals surface area contributed by atoms with Gasteiger partial charge in [0.15, 0.2) is 5.78 Å². The number of aromatic nitrogens is 1. The third-order valence-corrected chi connectivity index (χ3v) is 6.35. The van der Waals surface area contributed by atoms with Gasteiger partial charge in [-0.2, -0.15) is 0 Å². The van der Waals surface area contributed by atoms with Crippen molar-refractivity contribution in [3.05, 3.63) is 100 Å². The Kier molecular flexibility index (Phi) is 10.5. The molecule has 3 aromatic rings. The lowest BCUT2D eigenvalue weighted by atomic mass is 9.95. The van der Waals surface area contributed by atoms with E-state index in [0.717, 1.165) is 18.5 Å². The fourth-order valence-corrected chi connectivity index (χ4v) is 4.16. The number of rotatable bonds is 14. The van der Waals surface area contributed by atoms with Gasteiger partial charge in [-0.1, -0.05) is 68.4 Å². The Morgan fingerprint density at radius 2 is 1.56 bits per heavy atom. The summed E-state index contributed by atoms with van der Waals surface area (Å²) < 4.78 is 6.07. The van der Waals surface area contributed by atoms with Crippen LogP contribution in [-0.4, -0.2) is 42.5 Å². The zero-order chi connectivity index (χ0) is 25.8. The molecule has 3 rings (SSSR count). The summed E-state index contributed by atoms with van der Waals surface area (Å²) in [5.41, 5.74) is 1.96. The Labute approximate surface area is 212 Å². The number of hydrogen-bond donors (Lipinski definition) is 3. The Morgan fingerprint density at radius 1 is 0.889 bits per heavy atom. The second kappa shape index (κ2) is 14.0. The van der Waals surface area contributed by atoms with Crippen LogP contribution in [0.3, 0.4) is 0 Å². The molecule has 1 aromatic heterocycles. The van der Waals surface area contributed by atoms with E-state index in [4.69, 9.17) is 4.74 Å². The largest absolute Gasteiger partial charge is 0.460 e. The molecule has 0 saturated heterocycles. The molecule has 2 unspecified atom stereocenters. The van der Waals surface area contributed by atoms with Crippen molar-refractivity contribution in [2.75, 3.05) is 25.0 Å². The number of esters is 1. The fourth-order valence-electron chi connectivity index (χ4n) is 4.16. The van der Waals surface area contributed by atoms with Crippen LogP contribution < -0.4 is 16.2 Å². The van der Waals surface area contributed by atoms with Gasteiger partial charge in [0.05, 0.1) is 6.54 Å². The van der Waals surface area contributed by atoms with Crippen LogP contribution in [0.1, 0.15) is 48.5 Å². The number of aromatic amines is 1. The molecule has 0 amide bonds. The molecule has 0 radical (unpaired) electrons. The molecule has 0 spiro atoms. The summed E-state index contributed by atoms with van der Waals surface area (Å²) in [6.07, 6.45) is 2.85. The molecular weight excluding hydrogens is 454 g/mol. The number of anilines is 1. The molecule has 0 aliphatic carbocycles. The number of hydrogen-bond acceptors (Lipinski definition) is 6. The Balaban J connectivity index is 1.71. The molecule has 36 heavy (non-hydrogen) atoms. The predicted octanol–water partition coefficient (Wildman–Crippen LogP) is 4.39. The number of ether oxygens (including phenoxy) is 1. The molecule has 0 bridgehead atoms. The highest BCUT2D eigenvalue weighted by Gasteiger charge is 2.29. The molecule has 7 heteroatoms. The van der Waals surface area contributed by atoms with Crippen molar-refractivity contribution in [1.29, 1.82) is 0 Å². The maximum Gasteiger partial charge on any atom is 0.315 e. The van der Waals surface area contributed by atoms with Crippen molar-refractivity contribution >= 4 is 17.4 Å². The Hall–Kier alpha value is -3.71. The number of H-pyrrole nitrogens is 1. The molecule has 0 aliphatic rings. The molecule has 2 aromatic carbocycles. The Bertz CT molecular complexity index is 1120. The van der Waals surface area contributed by atoms with Crippen molar-refractivity contribution in [1.82, 2.24) is 10.3 Å². The van der Waals surface area contributed by atoms with Crippen LogP contribution in [0, 0.1) is 5.92 Å². The van der Waals surface area contributed by atoms with Crippen molar-refractivity contribution in [2.24, 2.45) is 5.92 Å². The minimum atomic E-state index is -0.620. The minimum absolute atomic E-state index is 0.0107. The first-order valence-electron chi connectivity index (χ1n) is 12.5. The first-order chi connectivity index (χ1) is 17.5. The summed E-state index contributed by atoms with van der Waals surface area (Å²) in [4.78, 5) is 40.2. The van der Waals surface area contributed by atoms with Crippen LogP contribution in [-0.2, 0) is 9.53 Å². The van der Waals surface area contributed by atoms with E-state index in [1.54, 1.807) is 24.4 Å². The number of benzene rings is 2. The first-order valence-corrected chi connectivity index (χ1v) is 12.5. The molecule has 3 N–H and O–H groups in total. The van der Waals surface area contributed by atoms with E-state index in [9.17, 15) is 14.4 Å². The number of Topliss-reactive ketones (excluding diaryl/α,β-unsaturated/α-hetero) is 1. The number of carbonyl (C=O) groups excluding carboxylic acids is 2. The summed E-state index contributed by atoms with van der Waals surface area (Å²) in [5.74, 6) is -0.863. The zero-order valence-electron chi connectivity index (χ0n) is 20.9. The van der Waals surface area contributed by atoms with Gasteiger partial charge in [0.2, 0.25) is 5.56 Å². The van der Waals surface area contributed by atoms with Crippen LogP contribution in [0.5, 0.6) is 0 Å². The van der Waals surface area contributed by atoms with Crippen LogP contribution in [0.25, 0.3) is 0 Å². The number of para-hydroxylation sites is 1. The monoisotopic (exact) mass is 489 g/mol. The average molecular weight is 490 g/mol. The second-order valence-electron chi connectivity index (χ2n) is 8.76. The van der Waals surface area contributed by atoms with E-state index in [1.165, 1.54) is 6.07 Å². The molecular formula is C29H35N3O4. The van der Waals surface area contributed by atoms with Gasteiger partial charge in [-0.15, -0.1) is 0 Å². The third-order valence-electron chi connectivity index (χ3n) is 6.35. The standard InChI is InChI=1S/C29H35N3O4/c1-3-21(4-2)27(20-30-19-26(33)22-11-7-5-8-12-22)36-29(35)25(23-15-16-28(34)32-17-23)18-31-24-13-9-6-10-14-24/h5-17,21,25,27,30-31H,3-4,18-20H2,1-2H3,(H,32,34). The highest BCUT2D eigenvalue weighted by atomic mass is 16.5. The van der Waals surface area contributed by atoms with Gasteiger partial charge in [-0.3, -0.25) is 14.4 Å². The molecule has 1 heterocycles. The number of nitrogens with one attached hydrogen (secondary N) is 3. The van der Waals surface area contributed by atoms with Crippen LogP contribution in [0.2, 0.25) is 0 Å². The van der Waals surface area contributed by atoms with Gasteiger partial charge >= 0.3 is 5.97 Å². The normalized spacial score (nSPS) is 12.6. The van der Waals surface area contributed by atoms with Gasteiger partial charge in [0, 0.05) is 36.6 Å². The second-order valence-corrected chi connectivity index (χ2v) is 8.76. The van der Waals surface area contributed by atoms with Crippen molar-refractivity contribution in [3.8, 4) is 0 Å². The zero-order valence-corrected chi connectivity index (χ0v) is 20.9. The van der Waals surface area contributed by atoms with E-state index in [1.807, 2.05) is 48.5 Å². The van der Waals surface area contributed by atoms with E-state index >= 15 is 0 Å². The summed E-state index contributed by atoms with van der Waals surface area (Å²) in [5, 5.41) is 6.48. The summed E-state index contributed by atoms with van der Waals surface area (Å²) >= 11 is 0. The van der Waals surface area contributed by atoms with Crippen molar-refractivity contribution in [2.45, 2.75) is 38.7 Å². The van der Waals surface area contributed by atoms with Gasteiger partial charge in [-0.25, -0.2) is 0 Å². The van der Waals surface area contributed by atoms with Crippen LogP contribution >= 0.6 is 0 Å². The maximum atomic E-state index is 13.5. The quantitative estimate of drug-likeness (QED) is 0.229. The number of carbonyl (C=O) groups is 2. The minimum Gasteiger partial charge on any atom is -0.460 e. The summed E-state index contributed by atoms with van der Waals surface area (Å²) in [6, 6.07) is 21.8. The highest BCUT2D eigenvalue weighted by Crippen LogP contribution is 2.22. The lowest BCUT2D eigenvalue weighted by molar-refractivity contribution is -0.153. The molecule has 190 valence electrons. The van der Waals surface area contributed by atoms with Gasteiger partial charge in [0.25, 0.3) is 0 Å². The van der Waals surface area contributed by atoms with Crippen LogP contribution in [0.4, 0.5) is 5.69 Å². The molecule has 0 saturated carbocycles. The third kappa shape index (κ3) is 7.92. The summed E-state index contributed by atoms with van der Waals surface area (Å²) in [6.45, 7) is 4.99. The number of pyridine rings is 1. The van der Waals surface area contributed by atoms with Gasteiger partial charge < -0.3 is 20.4 Å². The SMILES string of the molecule is CCC(CC)C(CNCC(=O)c1ccccc1)OC(=O)C(CNc1ccccc1)c1ccc(=O)[nH]c1. The first kappa shape index (κ1) is 26.9. The Morgan fingerprint density at radius 3 is 2.17 bits per heavy atom. The molecule has 7 nitrogen and oxygen atoms in total.